The minimum atomic E-state index is -4.90. The molecule has 9 heteroatoms. The lowest BCUT2D eigenvalue weighted by atomic mass is 9.86. The summed E-state index contributed by atoms with van der Waals surface area (Å²) in [4.78, 5) is 27.7. The van der Waals surface area contributed by atoms with E-state index in [4.69, 9.17) is 5.11 Å². The first kappa shape index (κ1) is 14.4. The van der Waals surface area contributed by atoms with Crippen LogP contribution in [0.5, 0.6) is 0 Å². The molecule has 0 aromatic carbocycles. The fourth-order valence-electron chi connectivity index (χ4n) is 2.24. The van der Waals surface area contributed by atoms with Crippen LogP contribution in [0.4, 0.5) is 13.2 Å². The molecule has 0 radical (unpaired) electrons. The van der Waals surface area contributed by atoms with Gasteiger partial charge in [0, 0.05) is 20.1 Å². The van der Waals surface area contributed by atoms with Crippen molar-refractivity contribution in [3.05, 3.63) is 18.2 Å². The molecule has 0 aliphatic carbocycles. The normalized spacial score (nSPS) is 23.1. The molecule has 1 aliphatic rings. The molecule has 0 bridgehead atoms. The van der Waals surface area contributed by atoms with Crippen LogP contribution in [0.3, 0.4) is 0 Å². The number of carbonyl (C=O) groups is 2. The van der Waals surface area contributed by atoms with Crippen LogP contribution >= 0.6 is 0 Å². The number of hydrogen-bond donors (Lipinski definition) is 1. The summed E-state index contributed by atoms with van der Waals surface area (Å²) in [6.45, 7) is -1.13. The Hall–Kier alpha value is -2.06. The molecule has 20 heavy (non-hydrogen) atoms. The summed E-state index contributed by atoms with van der Waals surface area (Å²) in [5.74, 6) is -2.61. The fourth-order valence-corrected chi connectivity index (χ4v) is 2.24. The number of carboxylic acid groups (broad SMARTS) is 1. The average Bonchev–Trinajstić information content (AvgIpc) is 2.93. The highest BCUT2D eigenvalue weighted by Gasteiger charge is 2.64. The molecule has 110 valence electrons. The number of rotatable bonds is 2. The number of carbonyl (C=O) groups excluding carboxylic acids is 1. The predicted molar refractivity (Wildman–Crippen MR) is 59.9 cm³/mol. The highest BCUT2D eigenvalue weighted by molar-refractivity contribution is 5.93. The highest BCUT2D eigenvalue weighted by Crippen LogP contribution is 2.45. The summed E-state index contributed by atoms with van der Waals surface area (Å²) in [5.41, 5.74) is -2.77. The van der Waals surface area contributed by atoms with Crippen LogP contribution in [0.25, 0.3) is 0 Å². The van der Waals surface area contributed by atoms with Crippen molar-refractivity contribution in [2.75, 3.05) is 13.1 Å². The lowest BCUT2D eigenvalue weighted by molar-refractivity contribution is -0.227. The smallest absolute Gasteiger partial charge is 0.406 e. The summed E-state index contributed by atoms with van der Waals surface area (Å²) in [6, 6.07) is 0. The molecule has 1 atom stereocenters. The summed E-state index contributed by atoms with van der Waals surface area (Å²) >= 11 is 0. The van der Waals surface area contributed by atoms with Gasteiger partial charge >= 0.3 is 12.1 Å². The van der Waals surface area contributed by atoms with Gasteiger partial charge in [0.15, 0.2) is 5.41 Å². The van der Waals surface area contributed by atoms with E-state index in [0.29, 0.717) is 0 Å². The number of amides is 1. The van der Waals surface area contributed by atoms with Gasteiger partial charge in [0.25, 0.3) is 5.91 Å². The maximum atomic E-state index is 13.0. The third-order valence-electron chi connectivity index (χ3n) is 3.54. The SMILES string of the molecule is Cn1cncc1C(=O)N1CCC(C(=O)O)(C(F)(F)F)C1. The minimum absolute atomic E-state index is 0.119. The third kappa shape index (κ3) is 2.02. The van der Waals surface area contributed by atoms with Gasteiger partial charge in [0.1, 0.15) is 5.69 Å². The van der Waals surface area contributed by atoms with E-state index >= 15 is 0 Å². The van der Waals surface area contributed by atoms with Gasteiger partial charge in [-0.15, -0.1) is 0 Å². The second-order valence-corrected chi connectivity index (χ2v) is 4.75. The number of imidazole rings is 1. The molecule has 2 rings (SSSR count). The largest absolute Gasteiger partial charge is 0.481 e. The molecule has 0 spiro atoms. The first-order valence-electron chi connectivity index (χ1n) is 5.75. The van der Waals surface area contributed by atoms with Gasteiger partial charge in [-0.3, -0.25) is 9.59 Å². The molecule has 1 aliphatic heterocycles. The van der Waals surface area contributed by atoms with Gasteiger partial charge < -0.3 is 14.6 Å². The Labute approximate surface area is 111 Å². The van der Waals surface area contributed by atoms with E-state index in [1.807, 2.05) is 0 Å². The van der Waals surface area contributed by atoms with E-state index in [0.717, 1.165) is 4.90 Å². The van der Waals surface area contributed by atoms with Crippen molar-refractivity contribution < 1.29 is 27.9 Å². The van der Waals surface area contributed by atoms with E-state index in [1.54, 1.807) is 0 Å². The molecule has 1 aromatic rings. The van der Waals surface area contributed by atoms with E-state index in [-0.39, 0.29) is 12.2 Å². The van der Waals surface area contributed by atoms with Gasteiger partial charge in [-0.1, -0.05) is 0 Å². The van der Waals surface area contributed by atoms with Crippen LogP contribution in [0.2, 0.25) is 0 Å². The highest BCUT2D eigenvalue weighted by atomic mass is 19.4. The van der Waals surface area contributed by atoms with Crippen molar-refractivity contribution in [1.82, 2.24) is 14.5 Å². The molecule has 1 amide bonds. The number of aliphatic carboxylic acids is 1. The molecule has 1 fully saturated rings. The quantitative estimate of drug-likeness (QED) is 0.878. The van der Waals surface area contributed by atoms with E-state index in [9.17, 15) is 22.8 Å². The number of aromatic nitrogens is 2. The molecule has 1 unspecified atom stereocenters. The van der Waals surface area contributed by atoms with Crippen LogP contribution in [0, 0.1) is 5.41 Å². The Kier molecular flexibility index (Phi) is 3.23. The van der Waals surface area contributed by atoms with Crippen molar-refractivity contribution in [1.29, 1.82) is 0 Å². The Morgan fingerprint density at radius 2 is 2.10 bits per heavy atom. The maximum absolute atomic E-state index is 13.0. The second-order valence-electron chi connectivity index (χ2n) is 4.75. The van der Waals surface area contributed by atoms with Crippen LogP contribution in [0.1, 0.15) is 16.9 Å². The standard InChI is InChI=1S/C11H12F3N3O3/c1-16-6-15-4-7(16)8(18)17-3-2-10(5-17,9(19)20)11(12,13)14/h4,6H,2-3,5H2,1H3,(H,19,20). The molecular formula is C11H12F3N3O3. The first-order valence-corrected chi connectivity index (χ1v) is 5.75. The Morgan fingerprint density at radius 3 is 2.50 bits per heavy atom. The van der Waals surface area contributed by atoms with Gasteiger partial charge in [-0.25, -0.2) is 4.98 Å². The van der Waals surface area contributed by atoms with Crippen molar-refractivity contribution >= 4 is 11.9 Å². The molecule has 6 nitrogen and oxygen atoms in total. The number of likely N-dealkylation sites (tertiary alicyclic amines) is 1. The van der Waals surface area contributed by atoms with Gasteiger partial charge in [0.05, 0.1) is 12.5 Å². The Morgan fingerprint density at radius 1 is 1.45 bits per heavy atom. The van der Waals surface area contributed by atoms with Crippen molar-refractivity contribution in [2.24, 2.45) is 12.5 Å². The van der Waals surface area contributed by atoms with Crippen molar-refractivity contribution in [3.8, 4) is 0 Å². The van der Waals surface area contributed by atoms with Crippen LogP contribution in [-0.2, 0) is 11.8 Å². The van der Waals surface area contributed by atoms with Crippen LogP contribution in [0.15, 0.2) is 12.5 Å². The number of nitrogens with zero attached hydrogens (tertiary/aromatic N) is 3. The second kappa shape index (κ2) is 4.50. The van der Waals surface area contributed by atoms with E-state index in [1.165, 1.54) is 24.1 Å². The summed E-state index contributed by atoms with van der Waals surface area (Å²) in [5, 5.41) is 8.91. The van der Waals surface area contributed by atoms with Crippen LogP contribution in [-0.4, -0.2) is 50.7 Å². The van der Waals surface area contributed by atoms with Crippen LogP contribution < -0.4 is 0 Å². The van der Waals surface area contributed by atoms with Gasteiger partial charge in [0.2, 0.25) is 0 Å². The zero-order valence-corrected chi connectivity index (χ0v) is 10.5. The number of alkyl halides is 3. The zero-order valence-electron chi connectivity index (χ0n) is 10.5. The average molecular weight is 291 g/mol. The molecule has 2 heterocycles. The fraction of sp³-hybridized carbons (Fsp3) is 0.545. The Balaban J connectivity index is 2.26. The molecule has 1 N–H and O–H groups in total. The van der Waals surface area contributed by atoms with Crippen molar-refractivity contribution in [2.45, 2.75) is 12.6 Å². The molecule has 1 saturated heterocycles. The number of carboxylic acids is 1. The third-order valence-corrected chi connectivity index (χ3v) is 3.54. The number of halogens is 3. The topological polar surface area (TPSA) is 75.4 Å². The minimum Gasteiger partial charge on any atom is -0.481 e. The zero-order chi connectivity index (χ0) is 15.1. The van der Waals surface area contributed by atoms with Crippen molar-refractivity contribution in [3.63, 3.8) is 0 Å². The first-order chi connectivity index (χ1) is 9.19. The van der Waals surface area contributed by atoms with E-state index in [2.05, 4.69) is 4.98 Å². The summed E-state index contributed by atoms with van der Waals surface area (Å²) in [6.07, 6.45) is -2.97. The monoisotopic (exact) mass is 291 g/mol. The lowest BCUT2D eigenvalue weighted by Crippen LogP contribution is -2.47. The molecule has 1 aromatic heterocycles. The predicted octanol–water partition coefficient (Wildman–Crippen LogP) is 0.899. The summed E-state index contributed by atoms with van der Waals surface area (Å²) in [7, 11) is 1.53. The number of hydrogen-bond acceptors (Lipinski definition) is 3. The van der Waals surface area contributed by atoms with E-state index < -0.39 is 36.4 Å². The molecule has 0 saturated carbocycles. The maximum Gasteiger partial charge on any atom is 0.406 e. The lowest BCUT2D eigenvalue weighted by Gasteiger charge is -2.27. The Bertz CT molecular complexity index is 555. The van der Waals surface area contributed by atoms with Gasteiger partial charge in [-0.05, 0) is 6.42 Å². The molecular weight excluding hydrogens is 279 g/mol. The van der Waals surface area contributed by atoms with Gasteiger partial charge in [-0.2, -0.15) is 13.2 Å². The number of aryl methyl sites for hydroxylation is 1. The summed E-state index contributed by atoms with van der Waals surface area (Å²) < 4.78 is 40.3.